The second-order valence-corrected chi connectivity index (χ2v) is 4.93. The van der Waals surface area contributed by atoms with Crippen LogP contribution < -0.4 is 11.1 Å². The van der Waals surface area contributed by atoms with Crippen LogP contribution in [0.4, 0.5) is 5.69 Å². The maximum absolute atomic E-state index is 11.8. The Morgan fingerprint density at radius 3 is 2.80 bits per heavy atom. The summed E-state index contributed by atoms with van der Waals surface area (Å²) in [4.78, 5) is 12.3. The molecule has 0 aliphatic carbocycles. The monoisotopic (exact) mass is 228 g/mol. The normalized spacial score (nSPS) is 11.4. The van der Waals surface area contributed by atoms with E-state index in [1.807, 2.05) is 13.8 Å². The Morgan fingerprint density at radius 1 is 1.67 bits per heavy atom. The summed E-state index contributed by atoms with van der Waals surface area (Å²) in [5.74, 6) is -0.180. The van der Waals surface area contributed by atoms with E-state index in [1.165, 1.54) is 11.3 Å². The Hall–Kier alpha value is -1.07. The minimum absolute atomic E-state index is 0.0488. The van der Waals surface area contributed by atoms with Crippen LogP contribution in [0.5, 0.6) is 0 Å². The van der Waals surface area contributed by atoms with Gasteiger partial charge in [-0.25, -0.2) is 0 Å². The quantitative estimate of drug-likeness (QED) is 0.725. The number of carbonyl (C=O) groups is 1. The number of aliphatic hydroxyl groups excluding tert-OH is 1. The van der Waals surface area contributed by atoms with E-state index >= 15 is 0 Å². The molecule has 1 aromatic heterocycles. The molecule has 4 N–H and O–H groups in total. The van der Waals surface area contributed by atoms with Crippen molar-refractivity contribution in [3.05, 3.63) is 16.3 Å². The van der Waals surface area contributed by atoms with Crippen molar-refractivity contribution < 1.29 is 9.90 Å². The fourth-order valence-corrected chi connectivity index (χ4v) is 1.92. The summed E-state index contributed by atoms with van der Waals surface area (Å²) >= 11 is 1.32. The summed E-state index contributed by atoms with van der Waals surface area (Å²) in [5, 5.41) is 13.4. The third-order valence-corrected chi connectivity index (χ3v) is 3.02. The predicted molar refractivity (Wildman–Crippen MR) is 62.0 cm³/mol. The van der Waals surface area contributed by atoms with Crippen molar-refractivity contribution in [2.24, 2.45) is 0 Å². The highest BCUT2D eigenvalue weighted by molar-refractivity contribution is 7.12. The average molecular weight is 228 g/mol. The van der Waals surface area contributed by atoms with E-state index in [-0.39, 0.29) is 12.5 Å². The SMILES string of the molecule is CC(C)(CCO)NC(=O)c1sccc1N. The minimum atomic E-state index is -0.414. The zero-order valence-electron chi connectivity index (χ0n) is 8.91. The van der Waals surface area contributed by atoms with Gasteiger partial charge in [0.15, 0.2) is 0 Å². The second-order valence-electron chi connectivity index (χ2n) is 4.02. The summed E-state index contributed by atoms with van der Waals surface area (Å²) in [7, 11) is 0. The molecule has 0 saturated carbocycles. The zero-order valence-corrected chi connectivity index (χ0v) is 9.73. The van der Waals surface area contributed by atoms with Crippen molar-refractivity contribution in [2.45, 2.75) is 25.8 Å². The molecular weight excluding hydrogens is 212 g/mol. The van der Waals surface area contributed by atoms with Crippen LogP contribution in [0.15, 0.2) is 11.4 Å². The van der Waals surface area contributed by atoms with Crippen LogP contribution >= 0.6 is 11.3 Å². The van der Waals surface area contributed by atoms with E-state index in [2.05, 4.69) is 5.32 Å². The molecule has 0 spiro atoms. The van der Waals surface area contributed by atoms with Gasteiger partial charge in [0.25, 0.3) is 5.91 Å². The topological polar surface area (TPSA) is 75.3 Å². The Kier molecular flexibility index (Phi) is 3.71. The van der Waals surface area contributed by atoms with E-state index in [4.69, 9.17) is 10.8 Å². The zero-order chi connectivity index (χ0) is 11.5. The third kappa shape index (κ3) is 3.21. The molecule has 0 atom stereocenters. The number of nitrogens with one attached hydrogen (secondary N) is 1. The number of rotatable bonds is 4. The Labute approximate surface area is 93.1 Å². The van der Waals surface area contributed by atoms with E-state index in [0.29, 0.717) is 17.0 Å². The lowest BCUT2D eigenvalue weighted by Gasteiger charge is -2.25. The van der Waals surface area contributed by atoms with E-state index < -0.39 is 5.54 Å². The first-order valence-electron chi connectivity index (χ1n) is 4.72. The Bertz CT molecular complexity index is 347. The molecule has 84 valence electrons. The van der Waals surface area contributed by atoms with Crippen molar-refractivity contribution in [2.75, 3.05) is 12.3 Å². The van der Waals surface area contributed by atoms with E-state index in [0.717, 1.165) is 0 Å². The highest BCUT2D eigenvalue weighted by atomic mass is 32.1. The van der Waals surface area contributed by atoms with Crippen LogP contribution in [0, 0.1) is 0 Å². The molecule has 1 aromatic rings. The molecule has 4 nitrogen and oxygen atoms in total. The first-order valence-corrected chi connectivity index (χ1v) is 5.60. The van der Waals surface area contributed by atoms with Gasteiger partial charge in [0, 0.05) is 12.1 Å². The Balaban J connectivity index is 2.68. The third-order valence-electron chi connectivity index (χ3n) is 2.09. The van der Waals surface area contributed by atoms with Gasteiger partial charge >= 0.3 is 0 Å². The molecule has 0 unspecified atom stereocenters. The van der Waals surface area contributed by atoms with Crippen LogP contribution in [0.3, 0.4) is 0 Å². The standard InChI is InChI=1S/C10H16N2O2S/c1-10(2,4-5-13)12-9(14)8-7(11)3-6-15-8/h3,6,13H,4-5,11H2,1-2H3,(H,12,14). The summed E-state index contributed by atoms with van der Waals surface area (Å²) < 4.78 is 0. The molecule has 0 aliphatic rings. The number of anilines is 1. The number of carbonyl (C=O) groups excluding carboxylic acids is 1. The number of amides is 1. The van der Waals surface area contributed by atoms with Crippen LogP contribution in [0.2, 0.25) is 0 Å². The van der Waals surface area contributed by atoms with Gasteiger partial charge in [-0.05, 0) is 31.7 Å². The largest absolute Gasteiger partial charge is 0.397 e. The summed E-state index contributed by atoms with van der Waals surface area (Å²) in [5.41, 5.74) is 5.72. The van der Waals surface area contributed by atoms with Gasteiger partial charge in [0.1, 0.15) is 4.88 Å². The number of hydrogen-bond donors (Lipinski definition) is 3. The molecule has 0 fully saturated rings. The first kappa shape index (κ1) is 12.0. The predicted octanol–water partition coefficient (Wildman–Crippen LogP) is 1.22. The highest BCUT2D eigenvalue weighted by Gasteiger charge is 2.22. The summed E-state index contributed by atoms with van der Waals surface area (Å²) in [6.45, 7) is 3.78. The fourth-order valence-electron chi connectivity index (χ4n) is 1.21. The van der Waals surface area contributed by atoms with Crippen LogP contribution in [0.1, 0.15) is 29.9 Å². The first-order chi connectivity index (χ1) is 6.96. The number of nitrogens with two attached hydrogens (primary N) is 1. The van der Waals surface area contributed by atoms with Crippen molar-refractivity contribution >= 4 is 22.9 Å². The molecule has 5 heteroatoms. The molecule has 15 heavy (non-hydrogen) atoms. The summed E-state index contributed by atoms with van der Waals surface area (Å²) in [6, 6.07) is 1.71. The average Bonchev–Trinajstić information content (AvgIpc) is 2.50. The van der Waals surface area contributed by atoms with Crippen LogP contribution in [-0.2, 0) is 0 Å². The van der Waals surface area contributed by atoms with Crippen molar-refractivity contribution in [3.63, 3.8) is 0 Å². The van der Waals surface area contributed by atoms with E-state index in [1.54, 1.807) is 11.4 Å². The molecule has 0 aliphatic heterocycles. The van der Waals surface area contributed by atoms with Gasteiger partial charge < -0.3 is 16.2 Å². The van der Waals surface area contributed by atoms with Gasteiger partial charge in [-0.1, -0.05) is 0 Å². The highest BCUT2D eigenvalue weighted by Crippen LogP contribution is 2.20. The van der Waals surface area contributed by atoms with Crippen molar-refractivity contribution in [3.8, 4) is 0 Å². The number of nitrogen functional groups attached to an aromatic ring is 1. The lowest BCUT2D eigenvalue weighted by molar-refractivity contribution is 0.0904. The van der Waals surface area contributed by atoms with E-state index in [9.17, 15) is 4.79 Å². The molecule has 0 saturated heterocycles. The van der Waals surface area contributed by atoms with Crippen molar-refractivity contribution in [1.29, 1.82) is 0 Å². The lowest BCUT2D eigenvalue weighted by atomic mass is 10.0. The Morgan fingerprint density at radius 2 is 2.33 bits per heavy atom. The summed E-state index contributed by atoms with van der Waals surface area (Å²) in [6.07, 6.45) is 0.518. The van der Waals surface area contributed by atoms with Gasteiger partial charge in [-0.3, -0.25) is 4.79 Å². The molecule has 1 heterocycles. The number of hydrogen-bond acceptors (Lipinski definition) is 4. The molecular formula is C10H16N2O2S. The number of aliphatic hydroxyl groups is 1. The lowest BCUT2D eigenvalue weighted by Crippen LogP contribution is -2.43. The molecule has 0 bridgehead atoms. The molecule has 0 radical (unpaired) electrons. The molecule has 1 amide bonds. The number of thiophene rings is 1. The van der Waals surface area contributed by atoms with Gasteiger partial charge in [-0.15, -0.1) is 11.3 Å². The van der Waals surface area contributed by atoms with Gasteiger partial charge in [-0.2, -0.15) is 0 Å². The van der Waals surface area contributed by atoms with Crippen LogP contribution in [-0.4, -0.2) is 23.2 Å². The van der Waals surface area contributed by atoms with Gasteiger partial charge in [0.05, 0.1) is 5.69 Å². The molecule has 0 aromatic carbocycles. The van der Waals surface area contributed by atoms with Crippen molar-refractivity contribution in [1.82, 2.24) is 5.32 Å². The second kappa shape index (κ2) is 4.63. The minimum Gasteiger partial charge on any atom is -0.397 e. The fraction of sp³-hybridized carbons (Fsp3) is 0.500. The van der Waals surface area contributed by atoms with Gasteiger partial charge in [0.2, 0.25) is 0 Å². The van der Waals surface area contributed by atoms with Crippen LogP contribution in [0.25, 0.3) is 0 Å². The smallest absolute Gasteiger partial charge is 0.263 e. The maximum Gasteiger partial charge on any atom is 0.263 e. The maximum atomic E-state index is 11.8. The molecule has 1 rings (SSSR count).